The second kappa shape index (κ2) is 30.3. The van der Waals surface area contributed by atoms with E-state index in [1.807, 2.05) is 0 Å². The van der Waals surface area contributed by atoms with Crippen molar-refractivity contribution in [3.05, 3.63) is 0 Å². The molecule has 8 heterocycles. The molecule has 0 amide bonds. The summed E-state index contributed by atoms with van der Waals surface area (Å²) in [5.41, 5.74) is 0. The fourth-order valence-electron chi connectivity index (χ4n) is 10.8. The molecule has 0 radical (unpaired) electrons. The number of hydrogen-bond acceptors (Lipinski definition) is 38. The minimum absolute atomic E-state index is 0.473. The average Bonchev–Trinajstić information content (AvgIpc) is 3.66. The lowest BCUT2D eigenvalue weighted by Gasteiger charge is -2.50. The summed E-state index contributed by atoms with van der Waals surface area (Å²) in [5, 5.41) is 227. The van der Waals surface area contributed by atoms with Crippen molar-refractivity contribution >= 4 is 0 Å². The third-order valence-corrected chi connectivity index (χ3v) is 15.9. The molecule has 0 aromatic heterocycles. The van der Waals surface area contributed by atoms with Gasteiger partial charge in [0.2, 0.25) is 0 Å². The smallest absolute Gasteiger partial charge is 0.187 e. The van der Waals surface area contributed by atoms with Gasteiger partial charge in [-0.3, -0.25) is 0 Å². The Morgan fingerprint density at radius 3 is 0.988 bits per heavy atom. The van der Waals surface area contributed by atoms with Crippen molar-refractivity contribution in [3.63, 3.8) is 0 Å². The number of ether oxygens (including phenoxy) is 17. The molecule has 496 valence electrons. The standard InChI is InChI=1S/C47H80O38/c1-69-35-16(8-74-41-28(62)19(53)11(50)5-71-41)79-44(32(66)24(35)58)83-38-18(10-76-47-39(21(55)13(52)7-73-47)85-43-30(64)23(57)22(56)14(3-48)77-43)81-46(34(68)27(38)61)84-37-17(9-75-42-29(63)20(54)12(51)6-72-42)80-45(33(67)26(37)60)82-36-15(4-49)78-40(70-2)31(65)25(36)59/h11-68H,3-10H2,1-2H3. The van der Waals surface area contributed by atoms with Crippen LogP contribution in [0.4, 0.5) is 0 Å². The van der Waals surface area contributed by atoms with Crippen LogP contribution in [-0.2, 0) is 80.5 Å². The minimum atomic E-state index is -2.36. The van der Waals surface area contributed by atoms with Crippen LogP contribution in [0, 0.1) is 0 Å². The van der Waals surface area contributed by atoms with E-state index in [0.717, 1.165) is 14.2 Å². The van der Waals surface area contributed by atoms with Crippen LogP contribution in [-0.4, -0.2) is 402 Å². The van der Waals surface area contributed by atoms with E-state index in [1.165, 1.54) is 0 Å². The van der Waals surface area contributed by atoms with Crippen molar-refractivity contribution in [1.82, 2.24) is 0 Å². The van der Waals surface area contributed by atoms with Crippen LogP contribution in [0.5, 0.6) is 0 Å². The molecule has 0 aromatic rings. The molecule has 85 heavy (non-hydrogen) atoms. The fraction of sp³-hybridized carbons (Fsp3) is 1.00. The third-order valence-electron chi connectivity index (χ3n) is 15.9. The van der Waals surface area contributed by atoms with E-state index >= 15 is 0 Å². The summed E-state index contributed by atoms with van der Waals surface area (Å²) in [6, 6.07) is 0. The molecule has 37 unspecified atom stereocenters. The lowest BCUT2D eigenvalue weighted by Crippen LogP contribution is -2.68. The molecule has 8 aliphatic heterocycles. The van der Waals surface area contributed by atoms with E-state index in [1.54, 1.807) is 0 Å². The number of methoxy groups -OCH3 is 2. The average molecular weight is 1250 g/mol. The third kappa shape index (κ3) is 15.0. The molecule has 0 bridgehead atoms. The highest BCUT2D eigenvalue weighted by atomic mass is 16.8. The first-order valence-electron chi connectivity index (χ1n) is 27.1. The van der Waals surface area contributed by atoms with Crippen molar-refractivity contribution < 1.29 is 188 Å². The Labute approximate surface area is 481 Å². The van der Waals surface area contributed by atoms with Crippen molar-refractivity contribution in [2.45, 2.75) is 227 Å². The molecule has 0 saturated carbocycles. The zero-order valence-electron chi connectivity index (χ0n) is 45.4. The van der Waals surface area contributed by atoms with E-state index < -0.39 is 280 Å². The highest BCUT2D eigenvalue weighted by Gasteiger charge is 2.58. The Morgan fingerprint density at radius 2 is 0.576 bits per heavy atom. The summed E-state index contributed by atoms with van der Waals surface area (Å²) in [4.78, 5) is 0. The van der Waals surface area contributed by atoms with Gasteiger partial charge in [0.05, 0.1) is 52.9 Å². The summed E-state index contributed by atoms with van der Waals surface area (Å²) in [6.07, 6.45) is -69.1. The largest absolute Gasteiger partial charge is 0.394 e. The second-order valence-corrected chi connectivity index (χ2v) is 21.6. The van der Waals surface area contributed by atoms with Crippen LogP contribution in [0.3, 0.4) is 0 Å². The number of aliphatic hydroxyl groups excluding tert-OH is 21. The molecular weight excluding hydrogens is 1170 g/mol. The predicted molar refractivity (Wildman–Crippen MR) is 256 cm³/mol. The first kappa shape index (κ1) is 69.4. The maximum atomic E-state index is 12.1. The Kier molecular flexibility index (Phi) is 24.7. The van der Waals surface area contributed by atoms with Gasteiger partial charge in [0.15, 0.2) is 50.3 Å². The zero-order valence-corrected chi connectivity index (χ0v) is 45.4. The molecule has 38 heteroatoms. The van der Waals surface area contributed by atoms with Gasteiger partial charge in [0, 0.05) is 14.2 Å². The summed E-state index contributed by atoms with van der Waals surface area (Å²) < 4.78 is 96.7. The first-order valence-corrected chi connectivity index (χ1v) is 27.1. The van der Waals surface area contributed by atoms with Crippen LogP contribution in [0.2, 0.25) is 0 Å². The first-order chi connectivity index (χ1) is 40.3. The Morgan fingerprint density at radius 1 is 0.271 bits per heavy atom. The molecule has 8 aliphatic rings. The van der Waals surface area contributed by atoms with Crippen molar-refractivity contribution in [3.8, 4) is 0 Å². The molecule has 21 N–H and O–H groups in total. The van der Waals surface area contributed by atoms with Crippen LogP contribution in [0.15, 0.2) is 0 Å². The minimum Gasteiger partial charge on any atom is -0.394 e. The highest BCUT2D eigenvalue weighted by Crippen LogP contribution is 2.37. The molecule has 8 fully saturated rings. The van der Waals surface area contributed by atoms with Gasteiger partial charge in [-0.1, -0.05) is 0 Å². The van der Waals surface area contributed by atoms with Gasteiger partial charge in [0.1, 0.15) is 177 Å². The van der Waals surface area contributed by atoms with Crippen LogP contribution >= 0.6 is 0 Å². The van der Waals surface area contributed by atoms with Crippen LogP contribution in [0.25, 0.3) is 0 Å². The normalized spacial score (nSPS) is 52.9. The quantitative estimate of drug-likeness (QED) is 0.0507. The molecule has 8 rings (SSSR count). The lowest BCUT2D eigenvalue weighted by molar-refractivity contribution is -0.396. The predicted octanol–water partition coefficient (Wildman–Crippen LogP) is -15.2. The van der Waals surface area contributed by atoms with E-state index in [4.69, 9.17) is 80.5 Å². The monoisotopic (exact) mass is 1250 g/mol. The van der Waals surface area contributed by atoms with Gasteiger partial charge in [-0.25, -0.2) is 0 Å². The van der Waals surface area contributed by atoms with Gasteiger partial charge < -0.3 is 188 Å². The molecule has 0 spiro atoms. The van der Waals surface area contributed by atoms with Gasteiger partial charge in [0.25, 0.3) is 0 Å². The van der Waals surface area contributed by atoms with Crippen molar-refractivity contribution in [2.75, 3.05) is 67.1 Å². The molecule has 37 atom stereocenters. The van der Waals surface area contributed by atoms with Crippen LogP contribution < -0.4 is 0 Å². The second-order valence-electron chi connectivity index (χ2n) is 21.6. The molecule has 8 saturated heterocycles. The SMILES string of the molecule is COC1OC(CO)C(OC2OC(COC3OCC(O)C(O)C3O)C(OC3OC(COC4OCC(O)C(O)C4OC4OC(CO)C(O)C(O)C4O)C(OC4OC(COC5OCC(O)C(O)C5O)C(OC)C(O)C4O)C(O)C3O)C(O)C2O)C(O)C1O. The topological polar surface area (TPSA) is 582 Å². The van der Waals surface area contributed by atoms with Crippen LogP contribution in [0.1, 0.15) is 0 Å². The number of hydrogen-bond donors (Lipinski definition) is 21. The Balaban J connectivity index is 1.07. The van der Waals surface area contributed by atoms with Crippen molar-refractivity contribution in [1.29, 1.82) is 0 Å². The van der Waals surface area contributed by atoms with Gasteiger partial charge in [-0.15, -0.1) is 0 Å². The van der Waals surface area contributed by atoms with Gasteiger partial charge in [-0.2, -0.15) is 0 Å². The van der Waals surface area contributed by atoms with Crippen molar-refractivity contribution in [2.24, 2.45) is 0 Å². The van der Waals surface area contributed by atoms with E-state index in [2.05, 4.69) is 0 Å². The highest BCUT2D eigenvalue weighted by molar-refractivity contribution is 5.00. The van der Waals surface area contributed by atoms with Gasteiger partial charge in [-0.05, 0) is 0 Å². The molecule has 0 aliphatic carbocycles. The summed E-state index contributed by atoms with van der Waals surface area (Å²) in [5.74, 6) is 0. The fourth-order valence-corrected chi connectivity index (χ4v) is 10.8. The van der Waals surface area contributed by atoms with Gasteiger partial charge >= 0.3 is 0 Å². The van der Waals surface area contributed by atoms with E-state index in [9.17, 15) is 107 Å². The summed E-state index contributed by atoms with van der Waals surface area (Å²) >= 11 is 0. The zero-order chi connectivity index (χ0) is 62.0. The number of aliphatic hydroxyl groups is 21. The molecular formula is C47H80O38. The molecule has 0 aromatic carbocycles. The lowest BCUT2D eigenvalue weighted by atomic mass is 9.95. The van der Waals surface area contributed by atoms with E-state index in [-0.39, 0.29) is 0 Å². The maximum absolute atomic E-state index is 12.1. The number of rotatable bonds is 21. The summed E-state index contributed by atoms with van der Waals surface area (Å²) in [7, 11) is 2.25. The Hall–Kier alpha value is -1.52. The maximum Gasteiger partial charge on any atom is 0.187 e. The van der Waals surface area contributed by atoms with E-state index in [0.29, 0.717) is 0 Å². The molecule has 38 nitrogen and oxygen atoms in total. The summed E-state index contributed by atoms with van der Waals surface area (Å²) in [6.45, 7) is -5.99. The Bertz CT molecular complexity index is 2010.